The number of hydrogen-bond acceptors (Lipinski definition) is 5. The van der Waals surface area contributed by atoms with Crippen molar-refractivity contribution < 1.29 is 17.9 Å². The Morgan fingerprint density at radius 1 is 1.17 bits per heavy atom. The molecule has 2 rings (SSSR count). The molecule has 1 fully saturated rings. The highest BCUT2D eigenvalue weighted by atomic mass is 32.2. The molecule has 0 spiro atoms. The van der Waals surface area contributed by atoms with Crippen LogP contribution in [0.2, 0.25) is 0 Å². The maximum atomic E-state index is 12.7. The van der Waals surface area contributed by atoms with Crippen LogP contribution in [-0.2, 0) is 9.84 Å². The van der Waals surface area contributed by atoms with Crippen LogP contribution in [0.4, 0.5) is 0 Å². The molecule has 1 aromatic rings. The molecule has 0 N–H and O–H groups in total. The van der Waals surface area contributed by atoms with E-state index < -0.39 is 9.84 Å². The number of nitrogens with zero attached hydrogens (tertiary/aromatic N) is 2. The third-order valence-corrected chi connectivity index (χ3v) is 4.78. The molecule has 128 valence electrons. The average Bonchev–Trinajstić information content (AvgIpc) is 2.53. The zero-order valence-corrected chi connectivity index (χ0v) is 14.5. The van der Waals surface area contributed by atoms with Crippen molar-refractivity contribution in [1.82, 2.24) is 9.80 Å². The fourth-order valence-electron chi connectivity index (χ4n) is 2.56. The van der Waals surface area contributed by atoms with E-state index in [1.807, 2.05) is 19.1 Å². The molecule has 23 heavy (non-hydrogen) atoms. The topological polar surface area (TPSA) is 66.9 Å². The predicted octanol–water partition coefficient (Wildman–Crippen LogP) is 0.888. The van der Waals surface area contributed by atoms with Gasteiger partial charge in [0.1, 0.15) is 15.6 Å². The summed E-state index contributed by atoms with van der Waals surface area (Å²) >= 11 is 0. The summed E-state index contributed by atoms with van der Waals surface area (Å²) in [7, 11) is -2.95. The standard InChI is InChI=1S/C16H24N2O4S/c1-3-22-15-7-5-4-6-14(15)16(19)18-10-8-17(9-11-18)12-13-23(2,20)21/h4-7H,3,8-13H2,1-2H3. The number of sulfone groups is 1. The molecule has 0 radical (unpaired) electrons. The lowest BCUT2D eigenvalue weighted by Crippen LogP contribution is -2.49. The first-order valence-electron chi connectivity index (χ1n) is 7.82. The Labute approximate surface area is 137 Å². The third kappa shape index (κ3) is 5.21. The summed E-state index contributed by atoms with van der Waals surface area (Å²) in [5.74, 6) is 0.741. The van der Waals surface area contributed by atoms with Crippen molar-refractivity contribution in [2.45, 2.75) is 6.92 Å². The molecule has 7 heteroatoms. The first-order chi connectivity index (χ1) is 10.9. The van der Waals surface area contributed by atoms with E-state index in [-0.39, 0.29) is 11.7 Å². The minimum Gasteiger partial charge on any atom is -0.493 e. The zero-order chi connectivity index (χ0) is 16.9. The number of ether oxygens (including phenoxy) is 1. The van der Waals surface area contributed by atoms with Gasteiger partial charge in [-0.2, -0.15) is 0 Å². The summed E-state index contributed by atoms with van der Waals surface area (Å²) < 4.78 is 28.0. The van der Waals surface area contributed by atoms with Gasteiger partial charge in [0, 0.05) is 39.0 Å². The zero-order valence-electron chi connectivity index (χ0n) is 13.7. The number of amides is 1. The van der Waals surface area contributed by atoms with E-state index in [4.69, 9.17) is 4.74 Å². The Balaban J connectivity index is 1.94. The first-order valence-corrected chi connectivity index (χ1v) is 9.88. The van der Waals surface area contributed by atoms with Crippen LogP contribution in [0.25, 0.3) is 0 Å². The van der Waals surface area contributed by atoms with Crippen LogP contribution in [0.5, 0.6) is 5.75 Å². The second-order valence-electron chi connectivity index (χ2n) is 5.69. The fourth-order valence-corrected chi connectivity index (χ4v) is 3.15. The van der Waals surface area contributed by atoms with Crippen LogP contribution in [0.1, 0.15) is 17.3 Å². The molecule has 0 unspecified atom stereocenters. The van der Waals surface area contributed by atoms with E-state index in [2.05, 4.69) is 4.90 Å². The number of carbonyl (C=O) groups excluding carboxylic acids is 1. The molecule has 1 amide bonds. The number of rotatable bonds is 6. The number of benzene rings is 1. The molecule has 1 heterocycles. The second kappa shape index (κ2) is 7.79. The summed E-state index contributed by atoms with van der Waals surface area (Å²) in [6, 6.07) is 7.27. The molecule has 0 aromatic heterocycles. The summed E-state index contributed by atoms with van der Waals surface area (Å²) in [6.07, 6.45) is 1.25. The summed E-state index contributed by atoms with van der Waals surface area (Å²) in [4.78, 5) is 16.5. The Kier molecular flexibility index (Phi) is 6.01. The highest BCUT2D eigenvalue weighted by molar-refractivity contribution is 7.90. The lowest BCUT2D eigenvalue weighted by Gasteiger charge is -2.34. The summed E-state index contributed by atoms with van der Waals surface area (Å²) in [6.45, 7) is 5.52. The van der Waals surface area contributed by atoms with Crippen molar-refractivity contribution in [3.63, 3.8) is 0 Å². The smallest absolute Gasteiger partial charge is 0.257 e. The SMILES string of the molecule is CCOc1ccccc1C(=O)N1CCN(CCS(C)(=O)=O)CC1. The molecule has 0 bridgehead atoms. The molecule has 0 atom stereocenters. The Morgan fingerprint density at radius 3 is 2.43 bits per heavy atom. The maximum Gasteiger partial charge on any atom is 0.257 e. The normalized spacial score (nSPS) is 16.3. The molecule has 0 aliphatic carbocycles. The van der Waals surface area contributed by atoms with E-state index in [1.54, 1.807) is 17.0 Å². The lowest BCUT2D eigenvalue weighted by atomic mass is 10.1. The van der Waals surface area contributed by atoms with E-state index in [0.717, 1.165) is 0 Å². The van der Waals surface area contributed by atoms with Crippen molar-refractivity contribution in [3.8, 4) is 5.75 Å². The molecular weight excluding hydrogens is 316 g/mol. The van der Waals surface area contributed by atoms with Crippen LogP contribution in [0.3, 0.4) is 0 Å². The van der Waals surface area contributed by atoms with Gasteiger partial charge in [-0.1, -0.05) is 12.1 Å². The molecule has 6 nitrogen and oxygen atoms in total. The Hall–Kier alpha value is -1.60. The average molecular weight is 340 g/mol. The van der Waals surface area contributed by atoms with Crippen molar-refractivity contribution in [2.24, 2.45) is 0 Å². The van der Waals surface area contributed by atoms with Crippen LogP contribution in [0.15, 0.2) is 24.3 Å². The molecule has 1 aliphatic rings. The molecule has 1 aromatic carbocycles. The van der Waals surface area contributed by atoms with Gasteiger partial charge in [0.25, 0.3) is 5.91 Å². The van der Waals surface area contributed by atoms with Crippen LogP contribution < -0.4 is 4.74 Å². The van der Waals surface area contributed by atoms with Crippen molar-refractivity contribution in [3.05, 3.63) is 29.8 Å². The number of carbonyl (C=O) groups is 1. The van der Waals surface area contributed by atoms with Gasteiger partial charge in [-0.05, 0) is 19.1 Å². The van der Waals surface area contributed by atoms with Gasteiger partial charge in [0.2, 0.25) is 0 Å². The van der Waals surface area contributed by atoms with E-state index >= 15 is 0 Å². The predicted molar refractivity (Wildman–Crippen MR) is 89.7 cm³/mol. The Bertz CT molecular complexity index is 637. The van der Waals surface area contributed by atoms with Gasteiger partial charge in [0.05, 0.1) is 17.9 Å². The number of para-hydroxylation sites is 1. The van der Waals surface area contributed by atoms with Crippen LogP contribution in [0, 0.1) is 0 Å². The Morgan fingerprint density at radius 2 is 1.83 bits per heavy atom. The van der Waals surface area contributed by atoms with Gasteiger partial charge in [0.15, 0.2) is 0 Å². The molecule has 1 saturated heterocycles. The van der Waals surface area contributed by atoms with E-state index in [9.17, 15) is 13.2 Å². The largest absolute Gasteiger partial charge is 0.493 e. The maximum absolute atomic E-state index is 12.7. The lowest BCUT2D eigenvalue weighted by molar-refractivity contribution is 0.0640. The van der Waals surface area contributed by atoms with Crippen LogP contribution in [-0.4, -0.2) is 75.5 Å². The molecule has 1 aliphatic heterocycles. The second-order valence-corrected chi connectivity index (χ2v) is 7.95. The van der Waals surface area contributed by atoms with Gasteiger partial charge in [-0.3, -0.25) is 9.69 Å². The van der Waals surface area contributed by atoms with Gasteiger partial charge >= 0.3 is 0 Å². The van der Waals surface area contributed by atoms with Crippen LogP contribution >= 0.6 is 0 Å². The third-order valence-electron chi connectivity index (χ3n) is 3.86. The minimum atomic E-state index is -2.95. The summed E-state index contributed by atoms with van der Waals surface area (Å²) in [5.41, 5.74) is 0.582. The van der Waals surface area contributed by atoms with Crippen molar-refractivity contribution in [1.29, 1.82) is 0 Å². The monoisotopic (exact) mass is 340 g/mol. The number of piperazine rings is 1. The molecule has 0 saturated carbocycles. The van der Waals surface area contributed by atoms with E-state index in [0.29, 0.717) is 50.6 Å². The van der Waals surface area contributed by atoms with Gasteiger partial charge in [-0.15, -0.1) is 0 Å². The summed E-state index contributed by atoms with van der Waals surface area (Å²) in [5, 5.41) is 0. The first kappa shape index (κ1) is 17.7. The van der Waals surface area contributed by atoms with Gasteiger partial charge in [-0.25, -0.2) is 8.42 Å². The van der Waals surface area contributed by atoms with Crippen molar-refractivity contribution >= 4 is 15.7 Å². The van der Waals surface area contributed by atoms with E-state index in [1.165, 1.54) is 6.26 Å². The fraction of sp³-hybridized carbons (Fsp3) is 0.562. The number of hydrogen-bond donors (Lipinski definition) is 0. The van der Waals surface area contributed by atoms with Gasteiger partial charge < -0.3 is 9.64 Å². The highest BCUT2D eigenvalue weighted by Gasteiger charge is 2.24. The molecular formula is C16H24N2O4S. The van der Waals surface area contributed by atoms with Crippen molar-refractivity contribution in [2.75, 3.05) is 51.3 Å². The highest BCUT2D eigenvalue weighted by Crippen LogP contribution is 2.20. The quantitative estimate of drug-likeness (QED) is 0.769. The minimum absolute atomic E-state index is 0.0307.